The molecule has 1 saturated carbocycles. The van der Waals surface area contributed by atoms with Gasteiger partial charge in [-0.3, -0.25) is 19.3 Å². The number of amides is 3. The Kier molecular flexibility index (Phi) is 4.69. The second-order valence-electron chi connectivity index (χ2n) is 8.13. The number of likely N-dealkylation sites (tertiary alicyclic amines) is 1. The Labute approximate surface area is 143 Å². The van der Waals surface area contributed by atoms with Crippen LogP contribution in [0.15, 0.2) is 0 Å². The molecule has 1 N–H and O–H groups in total. The number of ether oxygens (including phenoxy) is 1. The van der Waals surface area contributed by atoms with Gasteiger partial charge < -0.3 is 10.1 Å². The quantitative estimate of drug-likeness (QED) is 0.794. The van der Waals surface area contributed by atoms with Crippen molar-refractivity contribution >= 4 is 17.7 Å². The normalized spacial score (nSPS) is 28.6. The van der Waals surface area contributed by atoms with E-state index in [4.69, 9.17) is 4.74 Å². The maximum absolute atomic E-state index is 12.6. The maximum atomic E-state index is 12.6. The molecule has 3 aliphatic rings. The summed E-state index contributed by atoms with van der Waals surface area (Å²) >= 11 is 0. The van der Waals surface area contributed by atoms with Gasteiger partial charge in [0.05, 0.1) is 11.0 Å². The highest BCUT2D eigenvalue weighted by molar-refractivity contribution is 6.06. The van der Waals surface area contributed by atoms with Crippen LogP contribution in [0.3, 0.4) is 0 Å². The fourth-order valence-corrected chi connectivity index (χ4v) is 4.40. The van der Waals surface area contributed by atoms with Gasteiger partial charge in [-0.1, -0.05) is 12.8 Å². The van der Waals surface area contributed by atoms with Crippen molar-refractivity contribution in [3.05, 3.63) is 0 Å². The van der Waals surface area contributed by atoms with E-state index in [1.165, 1.54) is 4.90 Å². The molecule has 2 saturated heterocycles. The van der Waals surface area contributed by atoms with E-state index in [0.717, 1.165) is 38.5 Å². The summed E-state index contributed by atoms with van der Waals surface area (Å²) in [5.74, 6) is -0.252. The van der Waals surface area contributed by atoms with Crippen LogP contribution in [0, 0.1) is 5.41 Å². The van der Waals surface area contributed by atoms with Crippen LogP contribution in [-0.2, 0) is 19.1 Å². The second-order valence-corrected chi connectivity index (χ2v) is 8.13. The van der Waals surface area contributed by atoms with Crippen LogP contribution in [0.25, 0.3) is 0 Å². The number of imide groups is 1. The predicted octanol–water partition coefficient (Wildman–Crippen LogP) is 1.77. The van der Waals surface area contributed by atoms with E-state index in [1.807, 2.05) is 13.8 Å². The Morgan fingerprint density at radius 1 is 1.29 bits per heavy atom. The van der Waals surface area contributed by atoms with Crippen LogP contribution >= 0.6 is 0 Å². The molecule has 0 radical (unpaired) electrons. The molecular formula is C18H28N2O4. The molecular weight excluding hydrogens is 308 g/mol. The highest BCUT2D eigenvalue weighted by atomic mass is 16.5. The van der Waals surface area contributed by atoms with E-state index in [2.05, 4.69) is 5.32 Å². The predicted molar refractivity (Wildman–Crippen MR) is 88.1 cm³/mol. The number of nitrogens with zero attached hydrogens (tertiary/aromatic N) is 1. The lowest BCUT2D eigenvalue weighted by atomic mass is 9.84. The number of carbonyl (C=O) groups is 3. The van der Waals surface area contributed by atoms with Crippen LogP contribution < -0.4 is 5.32 Å². The number of carbonyl (C=O) groups excluding carboxylic acids is 3. The van der Waals surface area contributed by atoms with Crippen molar-refractivity contribution < 1.29 is 19.1 Å². The number of rotatable bonds is 4. The monoisotopic (exact) mass is 336 g/mol. The van der Waals surface area contributed by atoms with E-state index in [1.54, 1.807) is 0 Å². The van der Waals surface area contributed by atoms with E-state index in [9.17, 15) is 14.4 Å². The molecule has 0 aromatic heterocycles. The van der Waals surface area contributed by atoms with E-state index in [-0.39, 0.29) is 42.3 Å². The standard InChI is InChI=1S/C18H28N2O4/c1-17(2)11-13(6-10-24-17)19-14(21)5-9-20-15(22)12-18(16(20)23)7-3-4-8-18/h13H,3-12H2,1-2H3,(H,19,21). The summed E-state index contributed by atoms with van der Waals surface area (Å²) in [5.41, 5.74) is -0.662. The van der Waals surface area contributed by atoms with Crippen molar-refractivity contribution in [2.24, 2.45) is 5.41 Å². The molecule has 0 bridgehead atoms. The average Bonchev–Trinajstić information content (AvgIpc) is 3.03. The molecule has 6 nitrogen and oxygen atoms in total. The van der Waals surface area contributed by atoms with Gasteiger partial charge in [-0.25, -0.2) is 0 Å². The minimum Gasteiger partial charge on any atom is -0.375 e. The first-order valence-electron chi connectivity index (χ1n) is 9.10. The largest absolute Gasteiger partial charge is 0.375 e. The molecule has 1 spiro atoms. The van der Waals surface area contributed by atoms with Gasteiger partial charge in [-0.05, 0) is 39.5 Å². The van der Waals surface area contributed by atoms with E-state index < -0.39 is 5.41 Å². The van der Waals surface area contributed by atoms with Gasteiger partial charge in [0, 0.05) is 32.0 Å². The zero-order chi connectivity index (χ0) is 17.4. The maximum Gasteiger partial charge on any atom is 0.235 e. The molecule has 2 aliphatic heterocycles. The van der Waals surface area contributed by atoms with Crippen LogP contribution in [0.5, 0.6) is 0 Å². The molecule has 3 amide bonds. The minimum absolute atomic E-state index is 0.0509. The SMILES string of the molecule is CC1(C)CC(NC(=O)CCN2C(=O)CC3(CCCC3)C2=O)CCO1. The molecule has 1 unspecified atom stereocenters. The summed E-state index contributed by atoms with van der Waals surface area (Å²) in [6.45, 7) is 4.89. The lowest BCUT2D eigenvalue weighted by molar-refractivity contribution is -0.141. The van der Waals surface area contributed by atoms with Gasteiger partial charge in [-0.2, -0.15) is 0 Å². The number of hydrogen-bond acceptors (Lipinski definition) is 4. The molecule has 3 fully saturated rings. The highest BCUT2D eigenvalue weighted by Crippen LogP contribution is 2.46. The molecule has 6 heteroatoms. The van der Waals surface area contributed by atoms with Crippen molar-refractivity contribution in [2.75, 3.05) is 13.2 Å². The van der Waals surface area contributed by atoms with Crippen molar-refractivity contribution in [2.45, 2.75) is 76.9 Å². The second kappa shape index (κ2) is 6.47. The third-order valence-electron chi connectivity index (χ3n) is 5.67. The zero-order valence-corrected chi connectivity index (χ0v) is 14.7. The Hall–Kier alpha value is -1.43. The summed E-state index contributed by atoms with van der Waals surface area (Å²) in [6, 6.07) is 0.104. The fourth-order valence-electron chi connectivity index (χ4n) is 4.40. The zero-order valence-electron chi connectivity index (χ0n) is 14.7. The van der Waals surface area contributed by atoms with Crippen LogP contribution in [0.2, 0.25) is 0 Å². The minimum atomic E-state index is -0.446. The van der Waals surface area contributed by atoms with Crippen molar-refractivity contribution in [3.63, 3.8) is 0 Å². The van der Waals surface area contributed by atoms with Crippen LogP contribution in [0.4, 0.5) is 0 Å². The molecule has 24 heavy (non-hydrogen) atoms. The summed E-state index contributed by atoms with van der Waals surface area (Å²) in [5, 5.41) is 3.02. The Balaban J connectivity index is 1.49. The number of nitrogens with one attached hydrogen (secondary N) is 1. The first-order valence-corrected chi connectivity index (χ1v) is 9.10. The first kappa shape index (κ1) is 17.4. The molecule has 2 heterocycles. The third-order valence-corrected chi connectivity index (χ3v) is 5.67. The summed E-state index contributed by atoms with van der Waals surface area (Å²) in [6.07, 6.45) is 5.78. The van der Waals surface area contributed by atoms with E-state index >= 15 is 0 Å². The van der Waals surface area contributed by atoms with Crippen LogP contribution in [-0.4, -0.2) is 47.4 Å². The van der Waals surface area contributed by atoms with Gasteiger partial charge in [0.2, 0.25) is 17.7 Å². The third kappa shape index (κ3) is 3.48. The Morgan fingerprint density at radius 3 is 2.67 bits per heavy atom. The molecule has 1 aliphatic carbocycles. The van der Waals surface area contributed by atoms with E-state index in [0.29, 0.717) is 13.0 Å². The molecule has 0 aromatic carbocycles. The molecule has 0 aromatic rings. The number of hydrogen-bond donors (Lipinski definition) is 1. The van der Waals surface area contributed by atoms with Gasteiger partial charge in [0.1, 0.15) is 0 Å². The lowest BCUT2D eigenvalue weighted by Crippen LogP contribution is -2.46. The van der Waals surface area contributed by atoms with Gasteiger partial charge in [0.15, 0.2) is 0 Å². The van der Waals surface area contributed by atoms with Crippen LogP contribution in [0.1, 0.15) is 65.2 Å². The van der Waals surface area contributed by atoms with Gasteiger partial charge in [-0.15, -0.1) is 0 Å². The topological polar surface area (TPSA) is 75.7 Å². The summed E-state index contributed by atoms with van der Waals surface area (Å²) in [4.78, 5) is 38.3. The smallest absolute Gasteiger partial charge is 0.235 e. The Bertz CT molecular complexity index is 537. The average molecular weight is 336 g/mol. The highest BCUT2D eigenvalue weighted by Gasteiger charge is 2.52. The summed E-state index contributed by atoms with van der Waals surface area (Å²) < 4.78 is 5.65. The molecule has 3 rings (SSSR count). The fraction of sp³-hybridized carbons (Fsp3) is 0.833. The van der Waals surface area contributed by atoms with Crippen molar-refractivity contribution in [1.82, 2.24) is 10.2 Å². The first-order chi connectivity index (χ1) is 11.3. The van der Waals surface area contributed by atoms with Gasteiger partial charge in [0.25, 0.3) is 0 Å². The Morgan fingerprint density at radius 2 is 2.00 bits per heavy atom. The molecule has 134 valence electrons. The van der Waals surface area contributed by atoms with Crippen molar-refractivity contribution in [1.29, 1.82) is 0 Å². The lowest BCUT2D eigenvalue weighted by Gasteiger charge is -2.35. The summed E-state index contributed by atoms with van der Waals surface area (Å²) in [7, 11) is 0. The van der Waals surface area contributed by atoms with Crippen molar-refractivity contribution in [3.8, 4) is 0 Å². The molecule has 1 atom stereocenters. The van der Waals surface area contributed by atoms with Gasteiger partial charge >= 0.3 is 0 Å².